The predicted molar refractivity (Wildman–Crippen MR) is 149 cm³/mol. The summed E-state index contributed by atoms with van der Waals surface area (Å²) in [6.45, 7) is -0.530. The van der Waals surface area contributed by atoms with Gasteiger partial charge in [0.2, 0.25) is 10.9 Å². The van der Waals surface area contributed by atoms with Crippen molar-refractivity contribution in [3.8, 4) is 23.0 Å². The largest absolute Gasteiger partial charge is 0.497 e. The number of imide groups is 1. The van der Waals surface area contributed by atoms with Gasteiger partial charge in [0.15, 0.2) is 11.5 Å². The Morgan fingerprint density at radius 2 is 1.57 bits per heavy atom. The standard InChI is InChI=1S/C28H24N4O7S/c1-36-17-9-10-20-23(13-17)40-28(30-20)32(29-14-16-11-21(37-2)25(39-4)22(12-16)38-3)24(33)15-31-26(34)18-7-5-6-8-19(18)27(31)35/h5-14H,15H2,1-4H3/b29-14+. The van der Waals surface area contributed by atoms with E-state index < -0.39 is 24.3 Å². The van der Waals surface area contributed by atoms with Crippen molar-refractivity contribution in [1.29, 1.82) is 0 Å². The number of aromatic nitrogens is 1. The quantitative estimate of drug-likeness (QED) is 0.171. The number of hydrogen-bond donors (Lipinski definition) is 0. The fourth-order valence-electron chi connectivity index (χ4n) is 4.22. The molecule has 4 aromatic rings. The van der Waals surface area contributed by atoms with Crippen LogP contribution in [0.25, 0.3) is 10.2 Å². The van der Waals surface area contributed by atoms with Gasteiger partial charge >= 0.3 is 0 Å². The van der Waals surface area contributed by atoms with E-state index in [0.717, 1.165) is 14.6 Å². The number of hydrazone groups is 1. The van der Waals surface area contributed by atoms with Crippen LogP contribution in [0.4, 0.5) is 5.13 Å². The molecular formula is C28H24N4O7S. The van der Waals surface area contributed by atoms with Gasteiger partial charge in [0.1, 0.15) is 12.3 Å². The lowest BCUT2D eigenvalue weighted by molar-refractivity contribution is -0.118. The summed E-state index contributed by atoms with van der Waals surface area (Å²) in [5.74, 6) is 0.115. The van der Waals surface area contributed by atoms with Crippen LogP contribution in [-0.4, -0.2) is 68.8 Å². The van der Waals surface area contributed by atoms with Crippen LogP contribution >= 0.6 is 11.3 Å². The first-order valence-corrected chi connectivity index (χ1v) is 12.8. The van der Waals surface area contributed by atoms with E-state index >= 15 is 0 Å². The van der Waals surface area contributed by atoms with Gasteiger partial charge in [-0.25, -0.2) is 4.98 Å². The lowest BCUT2D eigenvalue weighted by Crippen LogP contribution is -2.41. The van der Waals surface area contributed by atoms with Gasteiger partial charge in [-0.3, -0.25) is 19.3 Å². The number of anilines is 1. The van der Waals surface area contributed by atoms with E-state index in [1.54, 1.807) is 61.7 Å². The third-order valence-corrected chi connectivity index (χ3v) is 7.18. The molecular weight excluding hydrogens is 536 g/mol. The Morgan fingerprint density at radius 1 is 0.925 bits per heavy atom. The number of carbonyl (C=O) groups excluding carboxylic acids is 3. The van der Waals surface area contributed by atoms with Crippen molar-refractivity contribution in [2.45, 2.75) is 0 Å². The molecule has 2 heterocycles. The first-order chi connectivity index (χ1) is 19.4. The van der Waals surface area contributed by atoms with Gasteiger partial charge in [-0.05, 0) is 42.5 Å². The fourth-order valence-corrected chi connectivity index (χ4v) is 5.19. The number of amides is 3. The molecule has 5 rings (SSSR count). The molecule has 0 aliphatic carbocycles. The fraction of sp³-hybridized carbons (Fsp3) is 0.179. The second kappa shape index (κ2) is 11.0. The smallest absolute Gasteiger partial charge is 0.269 e. The maximum absolute atomic E-state index is 13.6. The zero-order valence-electron chi connectivity index (χ0n) is 22.0. The number of thiazole rings is 1. The van der Waals surface area contributed by atoms with Gasteiger partial charge in [0, 0.05) is 5.56 Å². The maximum atomic E-state index is 13.6. The van der Waals surface area contributed by atoms with Crippen LogP contribution in [0.2, 0.25) is 0 Å². The maximum Gasteiger partial charge on any atom is 0.269 e. The van der Waals surface area contributed by atoms with E-state index in [0.29, 0.717) is 34.1 Å². The van der Waals surface area contributed by atoms with Crippen molar-refractivity contribution < 1.29 is 33.3 Å². The number of hydrogen-bond acceptors (Lipinski definition) is 10. The van der Waals surface area contributed by atoms with Crippen LogP contribution in [0.5, 0.6) is 23.0 Å². The number of ether oxygens (including phenoxy) is 4. The first-order valence-electron chi connectivity index (χ1n) is 11.9. The van der Waals surface area contributed by atoms with Gasteiger partial charge in [0.25, 0.3) is 17.7 Å². The molecule has 1 aliphatic rings. The molecule has 3 amide bonds. The van der Waals surface area contributed by atoms with E-state index in [4.69, 9.17) is 18.9 Å². The van der Waals surface area contributed by atoms with Gasteiger partial charge in [-0.15, -0.1) is 0 Å². The summed E-state index contributed by atoms with van der Waals surface area (Å²) >= 11 is 1.21. The molecule has 0 bridgehead atoms. The van der Waals surface area contributed by atoms with Crippen LogP contribution in [0.15, 0.2) is 59.7 Å². The van der Waals surface area contributed by atoms with Gasteiger partial charge in [0.05, 0.1) is 56.0 Å². The molecule has 0 saturated carbocycles. The van der Waals surface area contributed by atoms with Crippen molar-refractivity contribution in [2.24, 2.45) is 5.10 Å². The summed E-state index contributed by atoms with van der Waals surface area (Å²) in [6, 6.07) is 15.1. The van der Waals surface area contributed by atoms with Gasteiger partial charge in [-0.2, -0.15) is 10.1 Å². The van der Waals surface area contributed by atoms with E-state index in [9.17, 15) is 14.4 Å². The third-order valence-electron chi connectivity index (χ3n) is 6.18. The zero-order valence-corrected chi connectivity index (χ0v) is 22.9. The Balaban J connectivity index is 1.52. The molecule has 3 aromatic carbocycles. The third kappa shape index (κ3) is 4.80. The predicted octanol–water partition coefficient (Wildman–Crippen LogP) is 3.99. The number of fused-ring (bicyclic) bond motifs is 2. The van der Waals surface area contributed by atoms with E-state index in [-0.39, 0.29) is 16.3 Å². The minimum atomic E-state index is -0.635. The van der Waals surface area contributed by atoms with Gasteiger partial charge in [-0.1, -0.05) is 23.5 Å². The van der Waals surface area contributed by atoms with Crippen LogP contribution in [0.3, 0.4) is 0 Å². The molecule has 0 atom stereocenters. The topological polar surface area (TPSA) is 120 Å². The second-order valence-corrected chi connectivity index (χ2v) is 9.49. The summed E-state index contributed by atoms with van der Waals surface area (Å²) in [7, 11) is 6.04. The molecule has 0 saturated heterocycles. The zero-order chi connectivity index (χ0) is 28.4. The molecule has 12 heteroatoms. The van der Waals surface area contributed by atoms with Crippen molar-refractivity contribution in [2.75, 3.05) is 40.0 Å². The minimum Gasteiger partial charge on any atom is -0.497 e. The summed E-state index contributed by atoms with van der Waals surface area (Å²) in [4.78, 5) is 45.0. The molecule has 0 unspecified atom stereocenters. The van der Waals surface area contributed by atoms with Crippen molar-refractivity contribution in [3.63, 3.8) is 0 Å². The molecule has 204 valence electrons. The first kappa shape index (κ1) is 26.6. The second-order valence-electron chi connectivity index (χ2n) is 8.48. The Kier molecular flexibility index (Phi) is 7.34. The number of carbonyl (C=O) groups is 3. The lowest BCUT2D eigenvalue weighted by Gasteiger charge is -2.18. The molecule has 0 spiro atoms. The lowest BCUT2D eigenvalue weighted by atomic mass is 10.1. The molecule has 0 radical (unpaired) electrons. The Bertz CT molecular complexity index is 1610. The number of rotatable bonds is 9. The van der Waals surface area contributed by atoms with Crippen LogP contribution < -0.4 is 24.0 Å². The van der Waals surface area contributed by atoms with Crippen molar-refractivity contribution in [1.82, 2.24) is 9.88 Å². The number of methoxy groups -OCH3 is 4. The molecule has 0 fully saturated rings. The highest BCUT2D eigenvalue weighted by Crippen LogP contribution is 2.38. The van der Waals surface area contributed by atoms with Gasteiger partial charge < -0.3 is 18.9 Å². The highest BCUT2D eigenvalue weighted by atomic mass is 32.1. The summed E-state index contributed by atoms with van der Waals surface area (Å²) < 4.78 is 22.3. The molecule has 11 nitrogen and oxygen atoms in total. The number of nitrogens with zero attached hydrogens (tertiary/aromatic N) is 4. The molecule has 0 N–H and O–H groups in total. The van der Waals surface area contributed by atoms with Crippen LogP contribution in [0.1, 0.15) is 26.3 Å². The van der Waals surface area contributed by atoms with Crippen molar-refractivity contribution >= 4 is 50.6 Å². The summed E-state index contributed by atoms with van der Waals surface area (Å²) in [5, 5.41) is 5.74. The van der Waals surface area contributed by atoms with E-state index in [1.165, 1.54) is 38.9 Å². The van der Waals surface area contributed by atoms with Crippen LogP contribution in [0, 0.1) is 0 Å². The van der Waals surface area contributed by atoms with Crippen LogP contribution in [-0.2, 0) is 4.79 Å². The Morgan fingerprint density at radius 3 is 2.15 bits per heavy atom. The molecule has 1 aromatic heterocycles. The Hall–Kier alpha value is -4.97. The normalized spacial score (nSPS) is 12.7. The SMILES string of the molecule is COc1ccc2nc(N(/N=C/c3cc(OC)c(OC)c(OC)c3)C(=O)CN3C(=O)c4ccccc4C3=O)sc2c1. The number of benzene rings is 3. The monoisotopic (exact) mass is 560 g/mol. The molecule has 40 heavy (non-hydrogen) atoms. The summed E-state index contributed by atoms with van der Waals surface area (Å²) in [6.07, 6.45) is 1.43. The highest BCUT2D eigenvalue weighted by Gasteiger charge is 2.37. The van der Waals surface area contributed by atoms with E-state index in [1.807, 2.05) is 0 Å². The molecule has 1 aliphatic heterocycles. The Labute approximate surface area is 233 Å². The average Bonchev–Trinajstić information content (AvgIpc) is 3.50. The minimum absolute atomic E-state index is 0.244. The average molecular weight is 561 g/mol. The van der Waals surface area contributed by atoms with Crippen molar-refractivity contribution in [3.05, 3.63) is 71.3 Å². The summed E-state index contributed by atoms with van der Waals surface area (Å²) in [5.41, 5.74) is 1.66. The van der Waals surface area contributed by atoms with E-state index in [2.05, 4.69) is 10.1 Å². The highest BCUT2D eigenvalue weighted by molar-refractivity contribution is 7.22.